The summed E-state index contributed by atoms with van der Waals surface area (Å²) in [6.07, 6.45) is 3.25. The first-order valence-electron chi connectivity index (χ1n) is 7.42. The highest BCUT2D eigenvalue weighted by molar-refractivity contribution is 5.79. The van der Waals surface area contributed by atoms with Crippen molar-refractivity contribution >= 4 is 16.9 Å². The minimum absolute atomic E-state index is 0.0416. The third-order valence-corrected chi connectivity index (χ3v) is 4.00. The smallest absolute Gasteiger partial charge is 0.225 e. The molecule has 1 amide bonds. The molecule has 0 aliphatic carbocycles. The van der Waals surface area contributed by atoms with E-state index in [9.17, 15) is 4.79 Å². The maximum Gasteiger partial charge on any atom is 0.225 e. The predicted molar refractivity (Wildman–Crippen MR) is 79.2 cm³/mol. The number of carbonyl (C=O) groups excluding carboxylic acids is 1. The van der Waals surface area contributed by atoms with Gasteiger partial charge in [-0.2, -0.15) is 0 Å². The molecule has 1 aliphatic rings. The van der Waals surface area contributed by atoms with Crippen LogP contribution in [0.15, 0.2) is 24.3 Å². The molecule has 20 heavy (non-hydrogen) atoms. The molecule has 1 saturated heterocycles. The Kier molecular flexibility index (Phi) is 3.47. The Balaban J connectivity index is 1.94. The first-order chi connectivity index (χ1) is 9.66. The summed E-state index contributed by atoms with van der Waals surface area (Å²) in [7, 11) is 0. The Morgan fingerprint density at radius 1 is 1.35 bits per heavy atom. The Labute approximate surface area is 119 Å². The number of fused-ring (bicyclic) bond motifs is 1. The number of nitrogens with one attached hydrogen (secondary N) is 1. The van der Waals surface area contributed by atoms with Crippen molar-refractivity contribution < 1.29 is 4.79 Å². The van der Waals surface area contributed by atoms with Crippen molar-refractivity contribution in [3.63, 3.8) is 0 Å². The van der Waals surface area contributed by atoms with Crippen LogP contribution in [0.1, 0.15) is 45.0 Å². The van der Waals surface area contributed by atoms with Crippen LogP contribution in [0.5, 0.6) is 0 Å². The molecule has 1 aliphatic heterocycles. The van der Waals surface area contributed by atoms with Crippen LogP contribution in [-0.4, -0.2) is 27.3 Å². The summed E-state index contributed by atoms with van der Waals surface area (Å²) in [5, 5.41) is 0. The summed E-state index contributed by atoms with van der Waals surface area (Å²) >= 11 is 0. The monoisotopic (exact) mass is 271 g/mol. The molecule has 0 unspecified atom stereocenters. The molecule has 4 heteroatoms. The number of nitrogens with zero attached hydrogens (tertiary/aromatic N) is 2. The van der Waals surface area contributed by atoms with Crippen molar-refractivity contribution in [1.82, 2.24) is 14.9 Å². The SMILES string of the molecule is CC(C)C(=O)N1CCCC[C@@H]1c1nc2ccccc2[nH]1. The molecule has 0 radical (unpaired) electrons. The van der Waals surface area contributed by atoms with E-state index in [2.05, 4.69) is 9.97 Å². The molecule has 106 valence electrons. The molecule has 0 saturated carbocycles. The van der Waals surface area contributed by atoms with Crippen molar-refractivity contribution in [2.45, 2.75) is 39.2 Å². The highest BCUT2D eigenvalue weighted by Crippen LogP contribution is 2.31. The van der Waals surface area contributed by atoms with Gasteiger partial charge < -0.3 is 9.88 Å². The summed E-state index contributed by atoms with van der Waals surface area (Å²) in [5.41, 5.74) is 2.02. The summed E-state index contributed by atoms with van der Waals surface area (Å²) in [6.45, 7) is 4.78. The fourth-order valence-corrected chi connectivity index (χ4v) is 2.94. The number of piperidine rings is 1. The van der Waals surface area contributed by atoms with Crippen LogP contribution in [0.4, 0.5) is 0 Å². The van der Waals surface area contributed by atoms with E-state index in [0.717, 1.165) is 42.7 Å². The lowest BCUT2D eigenvalue weighted by molar-refractivity contribution is -0.138. The van der Waals surface area contributed by atoms with Crippen LogP contribution in [-0.2, 0) is 4.79 Å². The number of benzene rings is 1. The number of hydrogen-bond donors (Lipinski definition) is 1. The van der Waals surface area contributed by atoms with Gasteiger partial charge in [0, 0.05) is 12.5 Å². The van der Waals surface area contributed by atoms with Crippen LogP contribution >= 0.6 is 0 Å². The Morgan fingerprint density at radius 3 is 2.90 bits per heavy atom. The van der Waals surface area contributed by atoms with Crippen LogP contribution < -0.4 is 0 Å². The highest BCUT2D eigenvalue weighted by atomic mass is 16.2. The van der Waals surface area contributed by atoms with E-state index in [1.807, 2.05) is 43.0 Å². The molecule has 2 aromatic rings. The second-order valence-corrected chi connectivity index (χ2v) is 5.84. The molecule has 0 bridgehead atoms. The van der Waals surface area contributed by atoms with Gasteiger partial charge in [-0.1, -0.05) is 26.0 Å². The maximum absolute atomic E-state index is 12.4. The van der Waals surface area contributed by atoms with Gasteiger partial charge >= 0.3 is 0 Å². The molecule has 1 aromatic heterocycles. The number of amides is 1. The second kappa shape index (κ2) is 5.27. The predicted octanol–water partition coefficient (Wildman–Crippen LogP) is 3.27. The van der Waals surface area contributed by atoms with Gasteiger partial charge in [0.25, 0.3) is 0 Å². The summed E-state index contributed by atoms with van der Waals surface area (Å²) in [5.74, 6) is 1.20. The number of rotatable bonds is 2. The lowest BCUT2D eigenvalue weighted by Crippen LogP contribution is -2.41. The molecule has 4 nitrogen and oxygen atoms in total. The standard InChI is InChI=1S/C16H21N3O/c1-11(2)16(20)19-10-6-5-9-14(19)15-17-12-7-3-4-8-13(12)18-15/h3-4,7-8,11,14H,5-6,9-10H2,1-2H3,(H,17,18)/t14-/m1/s1. The number of para-hydroxylation sites is 2. The molecular formula is C16H21N3O. The largest absolute Gasteiger partial charge is 0.340 e. The first kappa shape index (κ1) is 13.2. The molecule has 0 spiro atoms. The van der Waals surface area contributed by atoms with Gasteiger partial charge in [0.1, 0.15) is 5.82 Å². The van der Waals surface area contributed by atoms with Gasteiger partial charge in [-0.15, -0.1) is 0 Å². The average Bonchev–Trinajstić information content (AvgIpc) is 2.90. The third kappa shape index (κ3) is 2.30. The fraction of sp³-hybridized carbons (Fsp3) is 0.500. The molecular weight excluding hydrogens is 250 g/mol. The van der Waals surface area contributed by atoms with Gasteiger partial charge in [0.15, 0.2) is 0 Å². The average molecular weight is 271 g/mol. The van der Waals surface area contributed by atoms with Crippen molar-refractivity contribution in [2.75, 3.05) is 6.54 Å². The van der Waals surface area contributed by atoms with E-state index in [-0.39, 0.29) is 17.9 Å². The maximum atomic E-state index is 12.4. The van der Waals surface area contributed by atoms with Crippen molar-refractivity contribution in [1.29, 1.82) is 0 Å². The fourth-order valence-electron chi connectivity index (χ4n) is 2.94. The van der Waals surface area contributed by atoms with Crippen molar-refractivity contribution in [3.05, 3.63) is 30.1 Å². The van der Waals surface area contributed by atoms with E-state index in [1.54, 1.807) is 0 Å². The zero-order chi connectivity index (χ0) is 14.1. The van der Waals surface area contributed by atoms with E-state index in [0.29, 0.717) is 0 Å². The minimum atomic E-state index is 0.0416. The second-order valence-electron chi connectivity index (χ2n) is 5.84. The normalized spacial score (nSPS) is 19.8. The van der Waals surface area contributed by atoms with Gasteiger partial charge in [0.05, 0.1) is 17.1 Å². The molecule has 1 N–H and O–H groups in total. The first-order valence-corrected chi connectivity index (χ1v) is 7.42. The van der Waals surface area contributed by atoms with Crippen LogP contribution in [0.2, 0.25) is 0 Å². The van der Waals surface area contributed by atoms with E-state index in [1.165, 1.54) is 0 Å². The van der Waals surface area contributed by atoms with Crippen LogP contribution in [0.25, 0.3) is 11.0 Å². The van der Waals surface area contributed by atoms with E-state index in [4.69, 9.17) is 0 Å². The number of H-pyrrole nitrogens is 1. The number of carbonyl (C=O) groups is 1. The van der Waals surface area contributed by atoms with Gasteiger partial charge in [-0.25, -0.2) is 4.98 Å². The Hall–Kier alpha value is -1.84. The summed E-state index contributed by atoms with van der Waals surface area (Å²) in [6, 6.07) is 8.13. The summed E-state index contributed by atoms with van der Waals surface area (Å²) in [4.78, 5) is 22.4. The van der Waals surface area contributed by atoms with E-state index < -0.39 is 0 Å². The Bertz CT molecular complexity index is 584. The number of likely N-dealkylation sites (tertiary alicyclic amines) is 1. The molecule has 2 heterocycles. The quantitative estimate of drug-likeness (QED) is 0.911. The zero-order valence-corrected chi connectivity index (χ0v) is 12.1. The van der Waals surface area contributed by atoms with Gasteiger partial charge in [-0.05, 0) is 31.4 Å². The lowest BCUT2D eigenvalue weighted by atomic mass is 9.99. The number of aromatic nitrogens is 2. The molecule has 1 atom stereocenters. The third-order valence-electron chi connectivity index (χ3n) is 4.00. The summed E-state index contributed by atoms with van der Waals surface area (Å²) < 4.78 is 0. The van der Waals surface area contributed by atoms with Crippen LogP contribution in [0, 0.1) is 5.92 Å². The molecule has 1 fully saturated rings. The highest BCUT2D eigenvalue weighted by Gasteiger charge is 2.31. The molecule has 3 rings (SSSR count). The topological polar surface area (TPSA) is 49.0 Å². The van der Waals surface area contributed by atoms with E-state index >= 15 is 0 Å². The Morgan fingerprint density at radius 2 is 2.15 bits per heavy atom. The zero-order valence-electron chi connectivity index (χ0n) is 12.1. The van der Waals surface area contributed by atoms with Gasteiger partial charge in [0.2, 0.25) is 5.91 Å². The van der Waals surface area contributed by atoms with Gasteiger partial charge in [-0.3, -0.25) is 4.79 Å². The van der Waals surface area contributed by atoms with Crippen molar-refractivity contribution in [3.8, 4) is 0 Å². The minimum Gasteiger partial charge on any atom is -0.340 e. The molecule has 1 aromatic carbocycles. The van der Waals surface area contributed by atoms with Crippen molar-refractivity contribution in [2.24, 2.45) is 5.92 Å². The number of aromatic amines is 1. The lowest BCUT2D eigenvalue weighted by Gasteiger charge is -2.35. The number of hydrogen-bond acceptors (Lipinski definition) is 2. The van der Waals surface area contributed by atoms with Crippen LogP contribution in [0.3, 0.4) is 0 Å². The number of imidazole rings is 1.